The first kappa shape index (κ1) is 17.2. The standard InChI is InChI=1S/C18H25N3O2S/c1-13-6-9-16(24-13)18(23)21-12-14-7-8-15(21)11-20(14)17(22)5-4-10-19(2)3/h4-6,9,14-15H,7-8,10-12H2,1-3H3/b5-4+. The molecule has 2 amide bonds. The molecule has 3 aliphatic rings. The highest BCUT2D eigenvalue weighted by molar-refractivity contribution is 7.13. The van der Waals surface area contributed by atoms with E-state index in [0.29, 0.717) is 13.1 Å². The fraction of sp³-hybridized carbons (Fsp3) is 0.556. The molecule has 4 heterocycles. The van der Waals surface area contributed by atoms with Crippen molar-refractivity contribution in [2.75, 3.05) is 33.7 Å². The lowest BCUT2D eigenvalue weighted by Gasteiger charge is -2.51. The molecule has 1 aromatic heterocycles. The van der Waals surface area contributed by atoms with Crippen LogP contribution in [0.5, 0.6) is 0 Å². The fourth-order valence-corrected chi connectivity index (χ4v) is 4.32. The van der Waals surface area contributed by atoms with E-state index in [0.717, 1.165) is 29.1 Å². The number of rotatable bonds is 4. The minimum absolute atomic E-state index is 0.0746. The number of amides is 2. The molecule has 4 rings (SSSR count). The number of carbonyl (C=O) groups excluding carboxylic acids is 2. The zero-order valence-electron chi connectivity index (χ0n) is 14.6. The molecule has 3 saturated heterocycles. The largest absolute Gasteiger partial charge is 0.332 e. The first-order valence-electron chi connectivity index (χ1n) is 8.45. The van der Waals surface area contributed by atoms with Gasteiger partial charge in [-0.3, -0.25) is 9.59 Å². The van der Waals surface area contributed by atoms with E-state index in [1.807, 2.05) is 53.9 Å². The fourth-order valence-electron chi connectivity index (χ4n) is 3.50. The molecule has 0 radical (unpaired) electrons. The summed E-state index contributed by atoms with van der Waals surface area (Å²) in [6, 6.07) is 4.20. The van der Waals surface area contributed by atoms with Crippen molar-refractivity contribution in [3.05, 3.63) is 34.0 Å². The molecule has 0 spiro atoms. The van der Waals surface area contributed by atoms with Crippen LogP contribution in [0.15, 0.2) is 24.3 Å². The van der Waals surface area contributed by atoms with Gasteiger partial charge in [0.05, 0.1) is 4.88 Å². The van der Waals surface area contributed by atoms with Crippen molar-refractivity contribution in [1.29, 1.82) is 0 Å². The highest BCUT2D eigenvalue weighted by Gasteiger charge is 2.42. The second-order valence-electron chi connectivity index (χ2n) is 6.91. The lowest BCUT2D eigenvalue weighted by Crippen LogP contribution is -2.64. The van der Waals surface area contributed by atoms with Gasteiger partial charge in [-0.15, -0.1) is 11.3 Å². The molecule has 3 aliphatic heterocycles. The summed E-state index contributed by atoms with van der Waals surface area (Å²) in [7, 11) is 3.96. The van der Waals surface area contributed by atoms with Gasteiger partial charge in [-0.25, -0.2) is 0 Å². The molecular weight excluding hydrogens is 322 g/mol. The molecule has 1 aromatic rings. The van der Waals surface area contributed by atoms with Crippen molar-refractivity contribution in [2.45, 2.75) is 31.8 Å². The van der Waals surface area contributed by atoms with Crippen LogP contribution >= 0.6 is 11.3 Å². The number of hydrogen-bond donors (Lipinski definition) is 0. The Labute approximate surface area is 147 Å². The third kappa shape index (κ3) is 3.54. The van der Waals surface area contributed by atoms with Crippen molar-refractivity contribution in [2.24, 2.45) is 0 Å². The summed E-state index contributed by atoms with van der Waals surface area (Å²) in [6.07, 6.45) is 5.56. The Hall–Kier alpha value is -1.66. The quantitative estimate of drug-likeness (QED) is 0.783. The van der Waals surface area contributed by atoms with Gasteiger partial charge in [0.25, 0.3) is 5.91 Å². The lowest BCUT2D eigenvalue weighted by atomic mass is 9.90. The van der Waals surface area contributed by atoms with E-state index >= 15 is 0 Å². The van der Waals surface area contributed by atoms with Gasteiger partial charge in [0.2, 0.25) is 5.91 Å². The number of piperidine rings is 2. The molecule has 0 saturated carbocycles. The molecule has 0 aliphatic carbocycles. The minimum atomic E-state index is 0.0746. The number of aryl methyl sites for hydroxylation is 1. The van der Waals surface area contributed by atoms with Crippen LogP contribution in [0.4, 0.5) is 0 Å². The van der Waals surface area contributed by atoms with E-state index in [9.17, 15) is 9.59 Å². The van der Waals surface area contributed by atoms with Gasteiger partial charge in [0, 0.05) is 42.7 Å². The maximum atomic E-state index is 12.7. The number of piperazine rings is 1. The van der Waals surface area contributed by atoms with Crippen molar-refractivity contribution in [3.63, 3.8) is 0 Å². The number of carbonyl (C=O) groups is 2. The molecule has 0 aromatic carbocycles. The van der Waals surface area contributed by atoms with Crippen LogP contribution in [0.3, 0.4) is 0 Å². The van der Waals surface area contributed by atoms with Gasteiger partial charge in [-0.1, -0.05) is 6.08 Å². The van der Waals surface area contributed by atoms with Crippen LogP contribution in [0.1, 0.15) is 27.4 Å². The molecule has 2 bridgehead atoms. The third-order valence-electron chi connectivity index (χ3n) is 4.76. The van der Waals surface area contributed by atoms with Gasteiger partial charge in [-0.2, -0.15) is 0 Å². The Kier molecular flexibility index (Phi) is 5.06. The summed E-state index contributed by atoms with van der Waals surface area (Å²) >= 11 is 1.55. The van der Waals surface area contributed by atoms with Crippen molar-refractivity contribution >= 4 is 23.2 Å². The van der Waals surface area contributed by atoms with Crippen LogP contribution in [0, 0.1) is 6.92 Å². The van der Waals surface area contributed by atoms with Crippen LogP contribution in [0.25, 0.3) is 0 Å². The zero-order valence-corrected chi connectivity index (χ0v) is 15.4. The normalized spacial score (nSPS) is 23.5. The van der Waals surface area contributed by atoms with Crippen LogP contribution in [-0.4, -0.2) is 72.3 Å². The van der Waals surface area contributed by atoms with E-state index in [2.05, 4.69) is 0 Å². The van der Waals surface area contributed by atoms with Crippen LogP contribution in [0.2, 0.25) is 0 Å². The summed E-state index contributed by atoms with van der Waals surface area (Å²) in [5.41, 5.74) is 0. The predicted molar refractivity (Wildman–Crippen MR) is 96.3 cm³/mol. The average Bonchev–Trinajstić information content (AvgIpc) is 3.00. The molecule has 5 nitrogen and oxygen atoms in total. The van der Waals surface area contributed by atoms with E-state index in [1.165, 1.54) is 0 Å². The number of thiophene rings is 1. The summed E-state index contributed by atoms with van der Waals surface area (Å²) in [4.78, 5) is 33.1. The highest BCUT2D eigenvalue weighted by atomic mass is 32.1. The van der Waals surface area contributed by atoms with E-state index in [4.69, 9.17) is 0 Å². The molecule has 0 N–H and O–H groups in total. The summed E-state index contributed by atoms with van der Waals surface area (Å²) in [5, 5.41) is 0. The molecule has 2 atom stereocenters. The zero-order chi connectivity index (χ0) is 17.3. The topological polar surface area (TPSA) is 43.9 Å². The van der Waals surface area contributed by atoms with Crippen molar-refractivity contribution in [1.82, 2.24) is 14.7 Å². The van der Waals surface area contributed by atoms with E-state index < -0.39 is 0 Å². The van der Waals surface area contributed by atoms with Gasteiger partial charge in [0.15, 0.2) is 0 Å². The summed E-state index contributed by atoms with van der Waals surface area (Å²) in [5.74, 6) is 0.198. The van der Waals surface area contributed by atoms with Gasteiger partial charge >= 0.3 is 0 Å². The summed E-state index contributed by atoms with van der Waals surface area (Å²) in [6.45, 7) is 4.10. The Bertz CT molecular complexity index is 652. The first-order chi connectivity index (χ1) is 11.5. The first-order valence-corrected chi connectivity index (χ1v) is 9.26. The van der Waals surface area contributed by atoms with Gasteiger partial charge in [-0.05, 0) is 46.0 Å². The predicted octanol–water partition coefficient (Wildman–Crippen LogP) is 1.99. The molecular formula is C18H25N3O2S. The Morgan fingerprint density at radius 3 is 2.42 bits per heavy atom. The summed E-state index contributed by atoms with van der Waals surface area (Å²) < 4.78 is 0. The number of nitrogens with zero attached hydrogens (tertiary/aromatic N) is 3. The molecule has 3 fully saturated rings. The molecule has 6 heteroatoms. The maximum absolute atomic E-state index is 12.7. The maximum Gasteiger partial charge on any atom is 0.264 e. The monoisotopic (exact) mass is 347 g/mol. The number of fused-ring (bicyclic) bond motifs is 3. The lowest BCUT2D eigenvalue weighted by molar-refractivity contribution is -0.135. The Morgan fingerprint density at radius 1 is 1.21 bits per heavy atom. The molecule has 2 unspecified atom stereocenters. The Morgan fingerprint density at radius 2 is 1.88 bits per heavy atom. The van der Waals surface area contributed by atoms with Gasteiger partial charge < -0.3 is 14.7 Å². The molecule has 130 valence electrons. The highest BCUT2D eigenvalue weighted by Crippen LogP contribution is 2.31. The number of hydrogen-bond acceptors (Lipinski definition) is 4. The van der Waals surface area contributed by atoms with Gasteiger partial charge in [0.1, 0.15) is 0 Å². The average molecular weight is 347 g/mol. The van der Waals surface area contributed by atoms with E-state index in [-0.39, 0.29) is 23.9 Å². The van der Waals surface area contributed by atoms with E-state index in [1.54, 1.807) is 17.4 Å². The second-order valence-corrected chi connectivity index (χ2v) is 8.20. The van der Waals surface area contributed by atoms with Crippen LogP contribution < -0.4 is 0 Å². The van der Waals surface area contributed by atoms with Crippen molar-refractivity contribution < 1.29 is 9.59 Å². The van der Waals surface area contributed by atoms with Crippen LogP contribution in [-0.2, 0) is 4.79 Å². The molecule has 24 heavy (non-hydrogen) atoms. The third-order valence-corrected chi connectivity index (χ3v) is 5.74. The van der Waals surface area contributed by atoms with Crippen molar-refractivity contribution in [3.8, 4) is 0 Å². The Balaban J connectivity index is 1.65. The smallest absolute Gasteiger partial charge is 0.264 e. The number of likely N-dealkylation sites (N-methyl/N-ethyl adjacent to an activating group) is 1. The SMILES string of the molecule is Cc1ccc(C(=O)N2CC3CCC2CN3C(=O)/C=C/CN(C)C)s1. The minimum Gasteiger partial charge on any atom is -0.332 e. The second kappa shape index (κ2) is 7.07.